The minimum atomic E-state index is -0.519. The van der Waals surface area contributed by atoms with Crippen molar-refractivity contribution in [2.75, 3.05) is 0 Å². The summed E-state index contributed by atoms with van der Waals surface area (Å²) in [6, 6.07) is 7.17. The summed E-state index contributed by atoms with van der Waals surface area (Å²) >= 11 is 0. The molecule has 19 heavy (non-hydrogen) atoms. The topological polar surface area (TPSA) is 70.9 Å². The first-order valence-electron chi connectivity index (χ1n) is 6.09. The average molecular weight is 264 g/mol. The first-order valence-corrected chi connectivity index (χ1v) is 6.09. The van der Waals surface area contributed by atoms with Gasteiger partial charge >= 0.3 is 6.09 Å². The van der Waals surface area contributed by atoms with Crippen LogP contribution in [0.25, 0.3) is 0 Å². The van der Waals surface area contributed by atoms with Crippen LogP contribution in [-0.2, 0) is 4.74 Å². The van der Waals surface area contributed by atoms with Crippen LogP contribution in [0.1, 0.15) is 44.9 Å². The minimum absolute atomic E-state index is 0.193. The Morgan fingerprint density at radius 1 is 1.47 bits per heavy atom. The number of hydrogen-bond acceptors (Lipinski definition) is 4. The molecule has 0 aromatic heterocycles. The Kier molecular flexibility index (Phi) is 4.92. The second-order valence-electron chi connectivity index (χ2n) is 5.28. The molecule has 5 heteroatoms. The number of carbonyl (C=O) groups is 1. The molecule has 0 spiro atoms. The maximum Gasteiger partial charge on any atom is 0.408 e. The zero-order valence-corrected chi connectivity index (χ0v) is 11.7. The summed E-state index contributed by atoms with van der Waals surface area (Å²) in [5, 5.41) is 14.2. The van der Waals surface area contributed by atoms with E-state index in [0.29, 0.717) is 0 Å². The number of alkyl carbamates (subject to hydrolysis) is 1. The van der Waals surface area contributed by atoms with Gasteiger partial charge in [-0.1, -0.05) is 23.4 Å². The molecule has 1 rings (SSSR count). The van der Waals surface area contributed by atoms with Crippen LogP contribution in [0.5, 0.6) is 0 Å². The van der Waals surface area contributed by atoms with E-state index in [1.54, 1.807) is 0 Å². The molecule has 0 aliphatic heterocycles. The molecule has 104 valence electrons. The summed E-state index contributed by atoms with van der Waals surface area (Å²) in [5.74, 6) is 0. The molecule has 0 aliphatic carbocycles. The van der Waals surface area contributed by atoms with E-state index in [4.69, 9.17) is 9.94 Å². The molecule has 2 N–H and O–H groups in total. The molecular weight excluding hydrogens is 244 g/mol. The number of carbonyl (C=O) groups excluding carboxylic acids is 1. The number of ether oxygens (including phenoxy) is 1. The highest BCUT2D eigenvalue weighted by atomic mass is 16.6. The van der Waals surface area contributed by atoms with Gasteiger partial charge < -0.3 is 15.3 Å². The lowest BCUT2D eigenvalue weighted by Crippen LogP contribution is -2.34. The van der Waals surface area contributed by atoms with E-state index >= 15 is 0 Å². The van der Waals surface area contributed by atoms with Gasteiger partial charge in [0, 0.05) is 0 Å². The summed E-state index contributed by atoms with van der Waals surface area (Å²) in [7, 11) is 0. The van der Waals surface area contributed by atoms with Gasteiger partial charge in [-0.2, -0.15) is 0 Å². The van der Waals surface area contributed by atoms with Gasteiger partial charge in [-0.05, 0) is 44.9 Å². The fraction of sp³-hybridized carbons (Fsp3) is 0.429. The predicted octanol–water partition coefficient (Wildman–Crippen LogP) is 3.08. The largest absolute Gasteiger partial charge is 0.444 e. The molecule has 0 aliphatic rings. The van der Waals surface area contributed by atoms with Gasteiger partial charge in [0.25, 0.3) is 0 Å². The standard InChI is InChI=1S/C14H20N2O3/c1-10(16-13(17)19-14(2,3)4)12-7-5-6-11(8-12)9-15-18/h5-10,18H,1-4H3,(H,16,17)/b15-9-/t10-/m0/s1. The molecule has 0 fully saturated rings. The van der Waals surface area contributed by atoms with Gasteiger partial charge in [-0.3, -0.25) is 0 Å². The van der Waals surface area contributed by atoms with E-state index in [-0.39, 0.29) is 6.04 Å². The van der Waals surface area contributed by atoms with Crippen LogP contribution in [-0.4, -0.2) is 23.1 Å². The van der Waals surface area contributed by atoms with Crippen molar-refractivity contribution in [3.05, 3.63) is 35.4 Å². The Morgan fingerprint density at radius 2 is 2.16 bits per heavy atom. The summed E-state index contributed by atoms with van der Waals surface area (Å²) < 4.78 is 5.19. The Balaban J connectivity index is 2.70. The first-order chi connectivity index (χ1) is 8.81. The lowest BCUT2D eigenvalue weighted by Gasteiger charge is -2.22. The van der Waals surface area contributed by atoms with E-state index in [2.05, 4.69) is 10.5 Å². The van der Waals surface area contributed by atoms with E-state index in [1.165, 1.54) is 6.21 Å². The van der Waals surface area contributed by atoms with Crippen LogP contribution in [0.3, 0.4) is 0 Å². The first kappa shape index (κ1) is 15.0. The predicted molar refractivity (Wildman–Crippen MR) is 73.6 cm³/mol. The van der Waals surface area contributed by atoms with Crippen molar-refractivity contribution < 1.29 is 14.7 Å². The van der Waals surface area contributed by atoms with E-state index in [0.717, 1.165) is 11.1 Å². The van der Waals surface area contributed by atoms with Gasteiger partial charge in [-0.15, -0.1) is 0 Å². The van der Waals surface area contributed by atoms with Crippen molar-refractivity contribution in [1.29, 1.82) is 0 Å². The maximum atomic E-state index is 11.7. The zero-order valence-electron chi connectivity index (χ0n) is 11.7. The highest BCUT2D eigenvalue weighted by molar-refractivity contribution is 5.79. The summed E-state index contributed by atoms with van der Waals surface area (Å²) in [4.78, 5) is 11.7. The fourth-order valence-corrected chi connectivity index (χ4v) is 1.54. The third-order valence-corrected chi connectivity index (χ3v) is 2.35. The number of rotatable bonds is 3. The van der Waals surface area contributed by atoms with Crippen LogP contribution < -0.4 is 5.32 Å². The number of hydrogen-bond donors (Lipinski definition) is 2. The van der Waals surface area contributed by atoms with Crippen molar-refractivity contribution in [3.8, 4) is 0 Å². The van der Waals surface area contributed by atoms with Gasteiger partial charge in [0.15, 0.2) is 0 Å². The van der Waals surface area contributed by atoms with Gasteiger partial charge in [0.05, 0.1) is 12.3 Å². The van der Waals surface area contributed by atoms with Crippen LogP contribution in [0.2, 0.25) is 0 Å². The molecule has 1 atom stereocenters. The highest BCUT2D eigenvalue weighted by Crippen LogP contribution is 2.15. The molecule has 0 unspecified atom stereocenters. The van der Waals surface area contributed by atoms with Crippen LogP contribution >= 0.6 is 0 Å². The zero-order chi connectivity index (χ0) is 14.5. The number of nitrogens with one attached hydrogen (secondary N) is 1. The van der Waals surface area contributed by atoms with E-state index < -0.39 is 11.7 Å². The number of nitrogens with zero attached hydrogens (tertiary/aromatic N) is 1. The Bertz CT molecular complexity index is 464. The molecular formula is C14H20N2O3. The number of amides is 1. The third kappa shape index (κ3) is 5.42. The Hall–Kier alpha value is -2.04. The second kappa shape index (κ2) is 6.22. The average Bonchev–Trinajstić information content (AvgIpc) is 2.27. The van der Waals surface area contributed by atoms with E-state index in [1.807, 2.05) is 52.0 Å². The third-order valence-electron chi connectivity index (χ3n) is 2.35. The van der Waals surface area contributed by atoms with Gasteiger partial charge in [-0.25, -0.2) is 4.79 Å². The lowest BCUT2D eigenvalue weighted by atomic mass is 10.1. The van der Waals surface area contributed by atoms with Crippen LogP contribution in [0, 0.1) is 0 Å². The maximum absolute atomic E-state index is 11.7. The van der Waals surface area contributed by atoms with Crippen molar-refractivity contribution in [2.45, 2.75) is 39.3 Å². The second-order valence-corrected chi connectivity index (χ2v) is 5.28. The number of oxime groups is 1. The van der Waals surface area contributed by atoms with Crippen molar-refractivity contribution in [2.24, 2.45) is 5.16 Å². The molecule has 0 heterocycles. The van der Waals surface area contributed by atoms with Gasteiger partial charge in [0.1, 0.15) is 5.60 Å². The van der Waals surface area contributed by atoms with Crippen molar-refractivity contribution in [3.63, 3.8) is 0 Å². The molecule has 1 aromatic rings. The molecule has 1 aromatic carbocycles. The molecule has 0 bridgehead atoms. The Morgan fingerprint density at radius 3 is 2.74 bits per heavy atom. The smallest absolute Gasteiger partial charge is 0.408 e. The summed E-state index contributed by atoms with van der Waals surface area (Å²) in [5.41, 5.74) is 1.15. The van der Waals surface area contributed by atoms with E-state index in [9.17, 15) is 4.79 Å². The monoisotopic (exact) mass is 264 g/mol. The molecule has 5 nitrogen and oxygen atoms in total. The van der Waals surface area contributed by atoms with Crippen LogP contribution in [0.15, 0.2) is 29.4 Å². The molecule has 0 saturated heterocycles. The normalized spacial score (nSPS) is 13.3. The quantitative estimate of drug-likeness (QED) is 0.500. The highest BCUT2D eigenvalue weighted by Gasteiger charge is 2.18. The number of benzene rings is 1. The van der Waals surface area contributed by atoms with Crippen molar-refractivity contribution in [1.82, 2.24) is 5.32 Å². The lowest BCUT2D eigenvalue weighted by molar-refractivity contribution is 0.0508. The van der Waals surface area contributed by atoms with Crippen molar-refractivity contribution >= 4 is 12.3 Å². The summed E-state index contributed by atoms with van der Waals surface area (Å²) in [6.45, 7) is 7.31. The minimum Gasteiger partial charge on any atom is -0.444 e. The SMILES string of the molecule is C[C@H](NC(=O)OC(C)(C)C)c1cccc(/C=N\O)c1. The fourth-order valence-electron chi connectivity index (χ4n) is 1.54. The molecule has 1 amide bonds. The molecule has 0 saturated carbocycles. The molecule has 0 radical (unpaired) electrons. The Labute approximate surface area is 113 Å². The van der Waals surface area contributed by atoms with Gasteiger partial charge in [0.2, 0.25) is 0 Å². The van der Waals surface area contributed by atoms with Crippen LogP contribution in [0.4, 0.5) is 4.79 Å². The summed E-state index contributed by atoms with van der Waals surface area (Å²) in [6.07, 6.45) is 0.880.